The van der Waals surface area contributed by atoms with Crippen molar-refractivity contribution in [2.75, 3.05) is 25.0 Å². The number of likely N-dealkylation sites (tertiary alicyclic amines) is 1. The molecule has 1 aliphatic rings. The van der Waals surface area contributed by atoms with Gasteiger partial charge in [0.25, 0.3) is 0 Å². The van der Waals surface area contributed by atoms with Crippen LogP contribution in [-0.2, 0) is 6.54 Å². The van der Waals surface area contributed by atoms with E-state index in [2.05, 4.69) is 27.1 Å². The number of aromatic nitrogens is 2. The molecule has 1 N–H and O–H groups in total. The zero-order valence-electron chi connectivity index (χ0n) is 11.6. The van der Waals surface area contributed by atoms with E-state index >= 15 is 0 Å². The van der Waals surface area contributed by atoms with Gasteiger partial charge < -0.3 is 5.32 Å². The first-order chi connectivity index (χ1) is 8.78. The lowest BCUT2D eigenvalue weighted by Gasteiger charge is -2.25. The van der Waals surface area contributed by atoms with Gasteiger partial charge in [-0.15, -0.1) is 0 Å². The minimum absolute atomic E-state index is 0.891. The van der Waals surface area contributed by atoms with E-state index in [1.165, 1.54) is 32.4 Å². The second-order valence-corrected chi connectivity index (χ2v) is 5.07. The van der Waals surface area contributed by atoms with Crippen molar-refractivity contribution in [1.82, 2.24) is 14.9 Å². The number of nitrogens with zero attached hydrogens (tertiary/aromatic N) is 3. The standard InChI is InChI=1S/C14H24N4/c1-3-7-15-13-10-12(2)16-14(17-13)11-18-8-5-4-6-9-18/h10H,3-9,11H2,1-2H3,(H,15,16,17). The molecule has 4 nitrogen and oxygen atoms in total. The van der Waals surface area contributed by atoms with Crippen molar-refractivity contribution in [1.29, 1.82) is 0 Å². The number of nitrogens with one attached hydrogen (secondary N) is 1. The van der Waals surface area contributed by atoms with Gasteiger partial charge in [0.05, 0.1) is 6.54 Å². The second-order valence-electron chi connectivity index (χ2n) is 5.07. The molecule has 0 amide bonds. The average Bonchev–Trinajstić information content (AvgIpc) is 2.37. The molecule has 1 aliphatic heterocycles. The summed E-state index contributed by atoms with van der Waals surface area (Å²) >= 11 is 0. The maximum Gasteiger partial charge on any atom is 0.144 e. The van der Waals surface area contributed by atoms with E-state index in [0.717, 1.165) is 36.8 Å². The van der Waals surface area contributed by atoms with Crippen molar-refractivity contribution < 1.29 is 0 Å². The fourth-order valence-corrected chi connectivity index (χ4v) is 2.36. The van der Waals surface area contributed by atoms with Gasteiger partial charge in [0.2, 0.25) is 0 Å². The molecule has 2 rings (SSSR count). The Balaban J connectivity index is 1.99. The van der Waals surface area contributed by atoms with Gasteiger partial charge in [-0.3, -0.25) is 4.90 Å². The number of piperidine rings is 1. The Kier molecular flexibility index (Phi) is 4.93. The summed E-state index contributed by atoms with van der Waals surface area (Å²) in [7, 11) is 0. The van der Waals surface area contributed by atoms with Gasteiger partial charge >= 0.3 is 0 Å². The number of hydrogen-bond donors (Lipinski definition) is 1. The largest absolute Gasteiger partial charge is 0.370 e. The smallest absolute Gasteiger partial charge is 0.144 e. The normalized spacial score (nSPS) is 16.8. The van der Waals surface area contributed by atoms with Gasteiger partial charge in [-0.1, -0.05) is 13.3 Å². The van der Waals surface area contributed by atoms with Crippen LogP contribution in [0, 0.1) is 6.92 Å². The van der Waals surface area contributed by atoms with Gasteiger partial charge in [-0.2, -0.15) is 0 Å². The van der Waals surface area contributed by atoms with Crippen molar-refractivity contribution >= 4 is 5.82 Å². The predicted octanol–water partition coefficient (Wildman–Crippen LogP) is 2.59. The predicted molar refractivity (Wildman–Crippen MR) is 74.7 cm³/mol. The quantitative estimate of drug-likeness (QED) is 0.869. The second kappa shape index (κ2) is 6.69. The molecule has 1 saturated heterocycles. The van der Waals surface area contributed by atoms with E-state index in [4.69, 9.17) is 0 Å². The molecule has 0 bridgehead atoms. The number of rotatable bonds is 5. The summed E-state index contributed by atoms with van der Waals surface area (Å²) in [6.45, 7) is 8.44. The Morgan fingerprint density at radius 1 is 1.22 bits per heavy atom. The van der Waals surface area contributed by atoms with Crippen LogP contribution in [0.25, 0.3) is 0 Å². The van der Waals surface area contributed by atoms with E-state index in [1.54, 1.807) is 0 Å². The lowest BCUT2D eigenvalue weighted by atomic mass is 10.1. The topological polar surface area (TPSA) is 41.1 Å². The van der Waals surface area contributed by atoms with Crippen LogP contribution >= 0.6 is 0 Å². The summed E-state index contributed by atoms with van der Waals surface area (Å²) in [6.07, 6.45) is 5.11. The Morgan fingerprint density at radius 2 is 2.00 bits per heavy atom. The summed E-state index contributed by atoms with van der Waals surface area (Å²) < 4.78 is 0. The summed E-state index contributed by atoms with van der Waals surface area (Å²) in [5.74, 6) is 1.92. The minimum Gasteiger partial charge on any atom is -0.370 e. The molecular formula is C14H24N4. The van der Waals surface area contributed by atoms with E-state index in [1.807, 2.05) is 13.0 Å². The van der Waals surface area contributed by atoms with E-state index in [0.29, 0.717) is 0 Å². The summed E-state index contributed by atoms with van der Waals surface area (Å²) in [5.41, 5.74) is 1.05. The highest BCUT2D eigenvalue weighted by Crippen LogP contribution is 2.13. The van der Waals surface area contributed by atoms with Gasteiger partial charge in [0.1, 0.15) is 11.6 Å². The number of hydrogen-bond acceptors (Lipinski definition) is 4. The highest BCUT2D eigenvalue weighted by molar-refractivity contribution is 5.35. The number of anilines is 1. The third-order valence-corrected chi connectivity index (χ3v) is 3.27. The maximum atomic E-state index is 4.60. The molecule has 18 heavy (non-hydrogen) atoms. The molecule has 0 spiro atoms. The van der Waals surface area contributed by atoms with Crippen LogP contribution in [0.3, 0.4) is 0 Å². The van der Waals surface area contributed by atoms with Crippen LogP contribution in [0.1, 0.15) is 44.1 Å². The SMILES string of the molecule is CCCNc1cc(C)nc(CN2CCCCC2)n1. The van der Waals surface area contributed by atoms with E-state index < -0.39 is 0 Å². The van der Waals surface area contributed by atoms with Crippen LogP contribution in [0.4, 0.5) is 5.82 Å². The molecule has 0 saturated carbocycles. The lowest BCUT2D eigenvalue weighted by molar-refractivity contribution is 0.216. The molecule has 100 valence electrons. The van der Waals surface area contributed by atoms with Crippen molar-refractivity contribution in [3.63, 3.8) is 0 Å². The van der Waals surface area contributed by atoms with E-state index in [-0.39, 0.29) is 0 Å². The first-order valence-electron chi connectivity index (χ1n) is 7.08. The highest BCUT2D eigenvalue weighted by Gasteiger charge is 2.12. The summed E-state index contributed by atoms with van der Waals surface area (Å²) in [6, 6.07) is 2.02. The Hall–Kier alpha value is -1.16. The molecule has 0 aliphatic carbocycles. The van der Waals surface area contributed by atoms with E-state index in [9.17, 15) is 0 Å². The zero-order valence-corrected chi connectivity index (χ0v) is 11.6. The van der Waals surface area contributed by atoms with Crippen LogP contribution in [0.15, 0.2) is 6.07 Å². The fourth-order valence-electron chi connectivity index (χ4n) is 2.36. The first kappa shape index (κ1) is 13.3. The molecule has 0 aromatic carbocycles. The third kappa shape index (κ3) is 3.95. The molecule has 0 unspecified atom stereocenters. The van der Waals surface area contributed by atoms with Crippen molar-refractivity contribution in [3.8, 4) is 0 Å². The van der Waals surface area contributed by atoms with Crippen LogP contribution in [0.5, 0.6) is 0 Å². The van der Waals surface area contributed by atoms with Crippen molar-refractivity contribution in [2.24, 2.45) is 0 Å². The molecule has 1 fully saturated rings. The van der Waals surface area contributed by atoms with Crippen molar-refractivity contribution in [2.45, 2.75) is 46.1 Å². The highest BCUT2D eigenvalue weighted by atomic mass is 15.2. The molecule has 1 aromatic heterocycles. The fraction of sp³-hybridized carbons (Fsp3) is 0.714. The van der Waals surface area contributed by atoms with Gasteiger partial charge in [0.15, 0.2) is 0 Å². The Morgan fingerprint density at radius 3 is 2.72 bits per heavy atom. The average molecular weight is 248 g/mol. The van der Waals surface area contributed by atoms with Crippen molar-refractivity contribution in [3.05, 3.63) is 17.6 Å². The third-order valence-electron chi connectivity index (χ3n) is 3.27. The molecule has 0 atom stereocenters. The summed E-state index contributed by atoms with van der Waals surface area (Å²) in [5, 5.41) is 3.34. The molecule has 4 heteroatoms. The number of aryl methyl sites for hydroxylation is 1. The maximum absolute atomic E-state index is 4.60. The monoisotopic (exact) mass is 248 g/mol. The minimum atomic E-state index is 0.891. The molecular weight excluding hydrogens is 224 g/mol. The molecule has 2 heterocycles. The van der Waals surface area contributed by atoms with Gasteiger partial charge in [-0.25, -0.2) is 9.97 Å². The Labute approximate surface area is 110 Å². The van der Waals surface area contributed by atoms with Crippen LogP contribution in [0.2, 0.25) is 0 Å². The van der Waals surface area contributed by atoms with Gasteiger partial charge in [0, 0.05) is 18.3 Å². The molecule has 0 radical (unpaired) electrons. The van der Waals surface area contributed by atoms with Crippen LogP contribution in [-0.4, -0.2) is 34.5 Å². The first-order valence-corrected chi connectivity index (χ1v) is 7.08. The lowest BCUT2D eigenvalue weighted by Crippen LogP contribution is -2.30. The van der Waals surface area contributed by atoms with Crippen LogP contribution < -0.4 is 5.32 Å². The molecule has 1 aromatic rings. The van der Waals surface area contributed by atoms with Gasteiger partial charge in [-0.05, 0) is 39.3 Å². The Bertz CT molecular complexity index is 372. The summed E-state index contributed by atoms with van der Waals surface area (Å²) in [4.78, 5) is 11.6. The zero-order chi connectivity index (χ0) is 12.8.